The van der Waals surface area contributed by atoms with Gasteiger partial charge in [0.1, 0.15) is 6.04 Å². The Hall–Kier alpha value is -3.06. The molecule has 0 saturated heterocycles. The number of esters is 1. The van der Waals surface area contributed by atoms with Gasteiger partial charge in [-0.1, -0.05) is 31.9 Å². The number of amides is 1. The first-order valence-electron chi connectivity index (χ1n) is 9.55. The number of hydrogen-bond acceptors (Lipinski definition) is 6. The SMILES string of the molecule is CC[C@H](C)[C@H](NC(=O)c1ccc(Cl)cc1)C(=O)OCC(=O)c1ccc2c(c1)OCO2. The average Bonchev–Trinajstić information content (AvgIpc) is 3.23. The molecule has 0 spiro atoms. The fourth-order valence-electron chi connectivity index (χ4n) is 2.87. The second-order valence-electron chi connectivity index (χ2n) is 6.94. The minimum atomic E-state index is -0.886. The molecule has 0 radical (unpaired) electrons. The molecule has 0 bridgehead atoms. The summed E-state index contributed by atoms with van der Waals surface area (Å²) in [7, 11) is 0. The van der Waals surface area contributed by atoms with Crippen LogP contribution in [0.15, 0.2) is 42.5 Å². The molecule has 0 aromatic heterocycles. The molecule has 2 aromatic carbocycles. The monoisotopic (exact) mass is 431 g/mol. The summed E-state index contributed by atoms with van der Waals surface area (Å²) in [6.45, 7) is 3.39. The van der Waals surface area contributed by atoms with Gasteiger partial charge in [0.15, 0.2) is 23.9 Å². The molecule has 8 heteroatoms. The topological polar surface area (TPSA) is 90.9 Å². The Balaban J connectivity index is 1.62. The molecule has 158 valence electrons. The number of fused-ring (bicyclic) bond motifs is 1. The lowest BCUT2D eigenvalue weighted by Gasteiger charge is -2.22. The Labute approximate surface area is 179 Å². The minimum Gasteiger partial charge on any atom is -0.456 e. The second-order valence-corrected chi connectivity index (χ2v) is 7.38. The van der Waals surface area contributed by atoms with Crippen molar-refractivity contribution in [3.05, 3.63) is 58.6 Å². The molecule has 1 amide bonds. The van der Waals surface area contributed by atoms with E-state index in [0.29, 0.717) is 34.1 Å². The summed E-state index contributed by atoms with van der Waals surface area (Å²) in [5.41, 5.74) is 0.717. The number of Topliss-reactive ketones (excluding diaryl/α,β-unsaturated/α-hetero) is 1. The molecular weight excluding hydrogens is 410 g/mol. The van der Waals surface area contributed by atoms with Gasteiger partial charge in [0.05, 0.1) is 0 Å². The van der Waals surface area contributed by atoms with Gasteiger partial charge in [0.2, 0.25) is 6.79 Å². The maximum absolute atomic E-state index is 12.6. The van der Waals surface area contributed by atoms with E-state index in [1.807, 2.05) is 13.8 Å². The van der Waals surface area contributed by atoms with Crippen LogP contribution in [0.5, 0.6) is 11.5 Å². The fraction of sp³-hybridized carbons (Fsp3) is 0.318. The van der Waals surface area contributed by atoms with Crippen LogP contribution in [0.4, 0.5) is 0 Å². The molecule has 1 aliphatic rings. The quantitative estimate of drug-likeness (QED) is 0.507. The number of halogens is 1. The van der Waals surface area contributed by atoms with E-state index in [2.05, 4.69) is 5.32 Å². The lowest BCUT2D eigenvalue weighted by atomic mass is 9.98. The lowest BCUT2D eigenvalue weighted by Crippen LogP contribution is -2.46. The summed E-state index contributed by atoms with van der Waals surface area (Å²) in [5, 5.41) is 3.20. The normalized spacial score (nSPS) is 14.0. The Morgan fingerprint density at radius 1 is 1.07 bits per heavy atom. The second kappa shape index (κ2) is 9.63. The zero-order chi connectivity index (χ0) is 21.7. The Kier molecular flexibility index (Phi) is 6.95. The lowest BCUT2D eigenvalue weighted by molar-refractivity contribution is -0.146. The van der Waals surface area contributed by atoms with Crippen LogP contribution in [-0.2, 0) is 9.53 Å². The summed E-state index contributed by atoms with van der Waals surface area (Å²) in [5.74, 6) is -0.620. The molecule has 0 saturated carbocycles. The van der Waals surface area contributed by atoms with Crippen LogP contribution in [0, 0.1) is 5.92 Å². The van der Waals surface area contributed by atoms with E-state index in [-0.39, 0.29) is 18.5 Å². The van der Waals surface area contributed by atoms with Crippen molar-refractivity contribution in [3.63, 3.8) is 0 Å². The molecule has 0 aliphatic carbocycles. The van der Waals surface area contributed by atoms with Gasteiger partial charge in [-0.05, 0) is 48.4 Å². The predicted molar refractivity (Wildman–Crippen MR) is 110 cm³/mol. The third-order valence-electron chi connectivity index (χ3n) is 4.90. The molecular formula is C22H22ClNO6. The van der Waals surface area contributed by atoms with Crippen molar-refractivity contribution in [1.29, 1.82) is 0 Å². The van der Waals surface area contributed by atoms with E-state index in [0.717, 1.165) is 0 Å². The molecule has 3 rings (SSSR count). The molecule has 30 heavy (non-hydrogen) atoms. The Bertz CT molecular complexity index is 943. The maximum Gasteiger partial charge on any atom is 0.329 e. The van der Waals surface area contributed by atoms with Crippen LogP contribution in [0.25, 0.3) is 0 Å². The van der Waals surface area contributed by atoms with Crippen LogP contribution in [0.1, 0.15) is 41.0 Å². The van der Waals surface area contributed by atoms with Crippen molar-refractivity contribution in [1.82, 2.24) is 5.32 Å². The first-order valence-corrected chi connectivity index (χ1v) is 9.92. The highest BCUT2D eigenvalue weighted by molar-refractivity contribution is 6.30. The van der Waals surface area contributed by atoms with Crippen LogP contribution in [0.2, 0.25) is 5.02 Å². The van der Waals surface area contributed by atoms with Crippen molar-refractivity contribution >= 4 is 29.3 Å². The molecule has 1 N–H and O–H groups in total. The number of ether oxygens (including phenoxy) is 3. The van der Waals surface area contributed by atoms with Crippen molar-refractivity contribution in [3.8, 4) is 11.5 Å². The highest BCUT2D eigenvalue weighted by atomic mass is 35.5. The zero-order valence-electron chi connectivity index (χ0n) is 16.6. The number of hydrogen-bond donors (Lipinski definition) is 1. The van der Waals surface area contributed by atoms with E-state index in [1.165, 1.54) is 0 Å². The average molecular weight is 432 g/mol. The molecule has 7 nitrogen and oxygen atoms in total. The summed E-state index contributed by atoms with van der Waals surface area (Å²) in [6.07, 6.45) is 0.636. The Morgan fingerprint density at radius 2 is 1.73 bits per heavy atom. The first kappa shape index (κ1) is 21.6. The third kappa shape index (κ3) is 5.10. The van der Waals surface area contributed by atoms with E-state index in [1.54, 1.807) is 42.5 Å². The van der Waals surface area contributed by atoms with Gasteiger partial charge < -0.3 is 19.5 Å². The van der Waals surface area contributed by atoms with Gasteiger partial charge in [-0.15, -0.1) is 0 Å². The van der Waals surface area contributed by atoms with Crippen LogP contribution in [0.3, 0.4) is 0 Å². The maximum atomic E-state index is 12.6. The van der Waals surface area contributed by atoms with Crippen molar-refractivity contribution < 1.29 is 28.6 Å². The number of carbonyl (C=O) groups excluding carboxylic acids is 3. The fourth-order valence-corrected chi connectivity index (χ4v) is 3.00. The number of rotatable bonds is 8. The molecule has 2 aromatic rings. The van der Waals surface area contributed by atoms with Gasteiger partial charge in [-0.25, -0.2) is 4.79 Å². The third-order valence-corrected chi connectivity index (χ3v) is 5.15. The molecule has 0 unspecified atom stereocenters. The van der Waals surface area contributed by atoms with Crippen LogP contribution < -0.4 is 14.8 Å². The van der Waals surface area contributed by atoms with Gasteiger partial charge in [-0.3, -0.25) is 9.59 Å². The smallest absolute Gasteiger partial charge is 0.329 e. The van der Waals surface area contributed by atoms with Crippen molar-refractivity contribution in [2.45, 2.75) is 26.3 Å². The van der Waals surface area contributed by atoms with Gasteiger partial charge >= 0.3 is 5.97 Å². The minimum absolute atomic E-state index is 0.103. The summed E-state index contributed by atoms with van der Waals surface area (Å²) in [6, 6.07) is 10.2. The number of nitrogens with one attached hydrogen (secondary N) is 1. The van der Waals surface area contributed by atoms with Crippen LogP contribution >= 0.6 is 11.6 Å². The first-order chi connectivity index (χ1) is 14.4. The van der Waals surface area contributed by atoms with E-state index >= 15 is 0 Å². The summed E-state index contributed by atoms with van der Waals surface area (Å²) in [4.78, 5) is 37.6. The molecule has 2 atom stereocenters. The van der Waals surface area contributed by atoms with E-state index in [4.69, 9.17) is 25.8 Å². The standard InChI is InChI=1S/C22H22ClNO6/c1-3-13(2)20(24-21(26)14-4-7-16(23)8-5-14)22(27)28-11-17(25)15-6-9-18-19(10-15)30-12-29-18/h4-10,13,20H,3,11-12H2,1-2H3,(H,24,26)/t13-,20-/m0/s1. The zero-order valence-corrected chi connectivity index (χ0v) is 17.4. The van der Waals surface area contributed by atoms with Gasteiger partial charge in [-0.2, -0.15) is 0 Å². The van der Waals surface area contributed by atoms with E-state index in [9.17, 15) is 14.4 Å². The van der Waals surface area contributed by atoms with Crippen LogP contribution in [-0.4, -0.2) is 37.1 Å². The summed E-state index contributed by atoms with van der Waals surface area (Å²) >= 11 is 5.85. The molecule has 1 aliphatic heterocycles. The highest BCUT2D eigenvalue weighted by Crippen LogP contribution is 2.32. The largest absolute Gasteiger partial charge is 0.456 e. The number of carbonyl (C=O) groups is 3. The van der Waals surface area contributed by atoms with Crippen molar-refractivity contribution in [2.75, 3.05) is 13.4 Å². The number of ketones is 1. The van der Waals surface area contributed by atoms with E-state index < -0.39 is 24.5 Å². The molecule has 0 fully saturated rings. The van der Waals surface area contributed by atoms with Gasteiger partial charge in [0.25, 0.3) is 5.91 Å². The Morgan fingerprint density at radius 3 is 2.43 bits per heavy atom. The number of benzene rings is 2. The van der Waals surface area contributed by atoms with Crippen molar-refractivity contribution in [2.24, 2.45) is 5.92 Å². The van der Waals surface area contributed by atoms with Gasteiger partial charge in [0, 0.05) is 16.1 Å². The predicted octanol–water partition coefficient (Wildman–Crippen LogP) is 3.64. The summed E-state index contributed by atoms with van der Waals surface area (Å²) < 4.78 is 15.7. The molecule has 1 heterocycles. The highest BCUT2D eigenvalue weighted by Gasteiger charge is 2.28.